The van der Waals surface area contributed by atoms with Crippen LogP contribution in [0.25, 0.3) is 0 Å². The molecule has 1 heterocycles. The molecule has 0 spiro atoms. The van der Waals surface area contributed by atoms with Gasteiger partial charge in [0, 0.05) is 19.6 Å². The van der Waals surface area contributed by atoms with E-state index >= 15 is 0 Å². The van der Waals surface area contributed by atoms with Crippen LogP contribution in [0.4, 0.5) is 13.2 Å². The molecule has 1 amide bonds. The first kappa shape index (κ1) is 15.6. The molecule has 0 saturated carbocycles. The Morgan fingerprint density at radius 2 is 2.14 bits per heavy atom. The minimum Gasteiger partial charge on any atom is -0.483 e. The van der Waals surface area contributed by atoms with Gasteiger partial charge in [-0.2, -0.15) is 13.2 Å². The highest BCUT2D eigenvalue weighted by molar-refractivity contribution is 5.97. The Morgan fingerprint density at radius 1 is 1.43 bits per heavy atom. The fourth-order valence-corrected chi connectivity index (χ4v) is 2.25. The number of nitrogens with one attached hydrogen (secondary N) is 1. The minimum absolute atomic E-state index is 0.0439. The molecular weight excluding hydrogens is 285 g/mol. The number of para-hydroxylation sites is 1. The number of carbonyl (C=O) groups is 1. The Morgan fingerprint density at radius 3 is 2.76 bits per heavy atom. The van der Waals surface area contributed by atoms with Gasteiger partial charge in [0.05, 0.1) is 5.56 Å². The lowest BCUT2D eigenvalue weighted by Gasteiger charge is -2.24. The van der Waals surface area contributed by atoms with E-state index < -0.39 is 12.8 Å². The van der Waals surface area contributed by atoms with Crippen molar-refractivity contribution < 1.29 is 22.7 Å². The molecule has 7 heteroatoms. The maximum absolute atomic E-state index is 12.4. The fraction of sp³-hybridized carbons (Fsp3) is 0.500. The van der Waals surface area contributed by atoms with Crippen LogP contribution in [0.1, 0.15) is 16.8 Å². The van der Waals surface area contributed by atoms with E-state index in [0.29, 0.717) is 6.54 Å². The van der Waals surface area contributed by atoms with E-state index in [1.165, 1.54) is 12.1 Å². The summed E-state index contributed by atoms with van der Waals surface area (Å²) in [4.78, 5) is 14.0. The lowest BCUT2D eigenvalue weighted by Crippen LogP contribution is -2.38. The predicted molar refractivity (Wildman–Crippen MR) is 71.4 cm³/mol. The van der Waals surface area contributed by atoms with Gasteiger partial charge in [-0.25, -0.2) is 0 Å². The highest BCUT2D eigenvalue weighted by Gasteiger charge is 2.30. The van der Waals surface area contributed by atoms with Crippen LogP contribution < -0.4 is 10.1 Å². The molecule has 21 heavy (non-hydrogen) atoms. The van der Waals surface area contributed by atoms with Crippen molar-refractivity contribution in [2.45, 2.75) is 18.6 Å². The summed E-state index contributed by atoms with van der Waals surface area (Å²) in [5.74, 6) is -0.376. The van der Waals surface area contributed by atoms with E-state index in [1.54, 1.807) is 24.1 Å². The number of likely N-dealkylation sites (N-methyl/N-ethyl adjacent to an activating group) is 1. The van der Waals surface area contributed by atoms with Crippen molar-refractivity contribution in [1.29, 1.82) is 0 Å². The van der Waals surface area contributed by atoms with Crippen molar-refractivity contribution >= 4 is 5.91 Å². The predicted octanol–water partition coefficient (Wildman–Crippen LogP) is 2.06. The molecule has 0 radical (unpaired) electrons. The van der Waals surface area contributed by atoms with Gasteiger partial charge in [-0.05, 0) is 25.1 Å². The highest BCUT2D eigenvalue weighted by Crippen LogP contribution is 2.24. The highest BCUT2D eigenvalue weighted by atomic mass is 19.4. The van der Waals surface area contributed by atoms with E-state index in [0.717, 1.165) is 13.0 Å². The summed E-state index contributed by atoms with van der Waals surface area (Å²) >= 11 is 0. The van der Waals surface area contributed by atoms with E-state index in [2.05, 4.69) is 5.32 Å². The summed E-state index contributed by atoms with van der Waals surface area (Å²) in [6, 6.07) is 6.05. The third-order valence-electron chi connectivity index (χ3n) is 3.41. The number of ether oxygens (including phenoxy) is 1. The number of rotatable bonds is 4. The minimum atomic E-state index is -4.43. The molecule has 1 aromatic rings. The normalized spacial score (nSPS) is 18.6. The van der Waals surface area contributed by atoms with Gasteiger partial charge in [0.25, 0.3) is 5.91 Å². The fourth-order valence-electron chi connectivity index (χ4n) is 2.25. The maximum Gasteiger partial charge on any atom is 0.422 e. The topological polar surface area (TPSA) is 41.6 Å². The summed E-state index contributed by atoms with van der Waals surface area (Å²) in [6.45, 7) is 0.105. The number of alkyl halides is 3. The number of hydrogen-bond donors (Lipinski definition) is 1. The Kier molecular flexibility index (Phi) is 4.72. The van der Waals surface area contributed by atoms with Crippen molar-refractivity contribution in [1.82, 2.24) is 10.2 Å². The van der Waals surface area contributed by atoms with Gasteiger partial charge < -0.3 is 15.0 Å². The molecule has 1 aromatic carbocycles. The van der Waals surface area contributed by atoms with Crippen molar-refractivity contribution in [3.8, 4) is 5.75 Å². The third-order valence-corrected chi connectivity index (χ3v) is 3.41. The van der Waals surface area contributed by atoms with E-state index in [-0.39, 0.29) is 23.3 Å². The molecule has 1 aliphatic heterocycles. The maximum atomic E-state index is 12.4. The molecule has 0 unspecified atom stereocenters. The largest absolute Gasteiger partial charge is 0.483 e. The molecule has 0 bridgehead atoms. The second-order valence-electron chi connectivity index (χ2n) is 4.96. The molecule has 0 aromatic heterocycles. The Bertz CT molecular complexity index is 499. The molecule has 1 N–H and O–H groups in total. The Hall–Kier alpha value is -1.76. The van der Waals surface area contributed by atoms with Crippen LogP contribution >= 0.6 is 0 Å². The Balaban J connectivity index is 2.12. The monoisotopic (exact) mass is 302 g/mol. The smallest absolute Gasteiger partial charge is 0.422 e. The summed E-state index contributed by atoms with van der Waals surface area (Å²) < 4.78 is 41.5. The van der Waals surface area contributed by atoms with E-state index in [4.69, 9.17) is 4.74 Å². The van der Waals surface area contributed by atoms with Crippen LogP contribution in [0, 0.1) is 0 Å². The van der Waals surface area contributed by atoms with Gasteiger partial charge in [0.2, 0.25) is 0 Å². The molecule has 116 valence electrons. The van der Waals surface area contributed by atoms with Crippen molar-refractivity contribution in [3.05, 3.63) is 29.8 Å². The van der Waals surface area contributed by atoms with E-state index in [1.807, 2.05) is 0 Å². The average molecular weight is 302 g/mol. The van der Waals surface area contributed by atoms with Crippen LogP contribution in [0.15, 0.2) is 24.3 Å². The number of halogens is 3. The molecule has 1 atom stereocenters. The van der Waals surface area contributed by atoms with Gasteiger partial charge in [0.1, 0.15) is 5.75 Å². The number of nitrogens with zero attached hydrogens (tertiary/aromatic N) is 1. The number of amides is 1. The first-order chi connectivity index (χ1) is 9.88. The van der Waals surface area contributed by atoms with E-state index in [9.17, 15) is 18.0 Å². The molecule has 2 rings (SSSR count). The zero-order valence-corrected chi connectivity index (χ0v) is 11.6. The quantitative estimate of drug-likeness (QED) is 0.925. The molecule has 4 nitrogen and oxygen atoms in total. The molecule has 1 saturated heterocycles. The van der Waals surface area contributed by atoms with Crippen LogP contribution in [0.5, 0.6) is 5.75 Å². The molecular formula is C14H17F3N2O2. The van der Waals surface area contributed by atoms with Gasteiger partial charge in [-0.1, -0.05) is 12.1 Å². The number of carbonyl (C=O) groups excluding carboxylic acids is 1. The van der Waals surface area contributed by atoms with Gasteiger partial charge in [-0.15, -0.1) is 0 Å². The summed E-state index contributed by atoms with van der Waals surface area (Å²) in [7, 11) is 1.65. The zero-order valence-electron chi connectivity index (χ0n) is 11.6. The third kappa shape index (κ3) is 4.10. The SMILES string of the molecule is CN(C(=O)c1ccccc1OCC(F)(F)F)[C@@H]1CCNC1. The first-order valence-corrected chi connectivity index (χ1v) is 6.65. The van der Waals surface area contributed by atoms with Gasteiger partial charge >= 0.3 is 6.18 Å². The summed E-state index contributed by atoms with van der Waals surface area (Å²) in [6.07, 6.45) is -3.61. The standard InChI is InChI=1S/C14H17F3N2O2/c1-19(10-6-7-18-8-10)13(20)11-4-2-3-5-12(11)21-9-14(15,16)17/h2-5,10,18H,6-9H2,1H3/t10-/m1/s1. The second-order valence-corrected chi connectivity index (χ2v) is 4.96. The zero-order chi connectivity index (χ0) is 15.5. The summed E-state index contributed by atoms with van der Waals surface area (Å²) in [5.41, 5.74) is 0.149. The molecule has 1 fully saturated rings. The van der Waals surface area contributed by atoms with Gasteiger partial charge in [-0.3, -0.25) is 4.79 Å². The van der Waals surface area contributed by atoms with Crippen LogP contribution in [-0.2, 0) is 0 Å². The average Bonchev–Trinajstić information content (AvgIpc) is 2.97. The van der Waals surface area contributed by atoms with Crippen molar-refractivity contribution in [2.24, 2.45) is 0 Å². The number of hydrogen-bond acceptors (Lipinski definition) is 3. The molecule has 0 aliphatic carbocycles. The van der Waals surface area contributed by atoms with Crippen molar-refractivity contribution in [3.63, 3.8) is 0 Å². The lowest BCUT2D eigenvalue weighted by atomic mass is 10.1. The van der Waals surface area contributed by atoms with Crippen LogP contribution in [-0.4, -0.2) is 49.8 Å². The Labute approximate surface area is 120 Å². The van der Waals surface area contributed by atoms with Crippen LogP contribution in [0.3, 0.4) is 0 Å². The van der Waals surface area contributed by atoms with Gasteiger partial charge in [0.15, 0.2) is 6.61 Å². The summed E-state index contributed by atoms with van der Waals surface area (Å²) in [5, 5.41) is 3.15. The van der Waals surface area contributed by atoms with Crippen LogP contribution in [0.2, 0.25) is 0 Å². The first-order valence-electron chi connectivity index (χ1n) is 6.65. The van der Waals surface area contributed by atoms with Crippen molar-refractivity contribution in [2.75, 3.05) is 26.7 Å². The molecule has 1 aliphatic rings. The number of benzene rings is 1. The lowest BCUT2D eigenvalue weighted by molar-refractivity contribution is -0.153. The second kappa shape index (κ2) is 6.34.